The lowest BCUT2D eigenvalue weighted by atomic mass is 10.2. The molecule has 0 radical (unpaired) electrons. The molecule has 0 aliphatic carbocycles. The molecule has 0 spiro atoms. The lowest BCUT2D eigenvalue weighted by Gasteiger charge is -2.09. The number of ether oxygens (including phenoxy) is 2. The van der Waals surface area contributed by atoms with Gasteiger partial charge in [0.1, 0.15) is 24.1 Å². The van der Waals surface area contributed by atoms with Gasteiger partial charge in [0.25, 0.3) is 0 Å². The van der Waals surface area contributed by atoms with Gasteiger partial charge >= 0.3 is 0 Å². The minimum atomic E-state index is -0.245. The number of nitrogens with zero attached hydrogens (tertiary/aromatic N) is 2. The minimum Gasteiger partial charge on any atom is -0.475 e. The second-order valence-electron chi connectivity index (χ2n) is 4.46. The molecule has 21 heavy (non-hydrogen) atoms. The molecule has 5 nitrogen and oxygen atoms in total. The molecular formula is C15H18FN3O2. The van der Waals surface area contributed by atoms with Gasteiger partial charge in [0, 0.05) is 19.7 Å². The third kappa shape index (κ3) is 5.00. The second kappa shape index (κ2) is 7.54. The number of aromatic nitrogens is 2. The van der Waals surface area contributed by atoms with Crippen LogP contribution < -0.4 is 10.1 Å². The molecule has 0 aliphatic rings. The first-order valence-electron chi connectivity index (χ1n) is 6.63. The van der Waals surface area contributed by atoms with Crippen LogP contribution in [0.1, 0.15) is 11.4 Å². The summed E-state index contributed by atoms with van der Waals surface area (Å²) in [4.78, 5) is 8.48. The molecule has 0 atom stereocenters. The van der Waals surface area contributed by atoms with Crippen molar-refractivity contribution in [3.8, 4) is 5.88 Å². The van der Waals surface area contributed by atoms with Crippen molar-refractivity contribution in [2.45, 2.75) is 13.5 Å². The smallest absolute Gasteiger partial charge is 0.218 e. The molecule has 2 rings (SSSR count). The number of anilines is 1. The van der Waals surface area contributed by atoms with Gasteiger partial charge in [-0.3, -0.25) is 0 Å². The molecule has 1 heterocycles. The van der Waals surface area contributed by atoms with E-state index in [-0.39, 0.29) is 5.82 Å². The molecule has 112 valence electrons. The van der Waals surface area contributed by atoms with Gasteiger partial charge < -0.3 is 14.8 Å². The SMILES string of the molecule is COCCOc1cc(NCc2ccc(F)cc2)nc(C)n1. The standard InChI is InChI=1S/C15H18FN3O2/c1-11-18-14(9-15(19-11)21-8-7-20-2)17-10-12-3-5-13(16)6-4-12/h3-6,9H,7-8,10H2,1-2H3,(H,17,18,19). The molecule has 1 aromatic heterocycles. The van der Waals surface area contributed by atoms with Crippen LogP contribution in [-0.2, 0) is 11.3 Å². The monoisotopic (exact) mass is 291 g/mol. The van der Waals surface area contributed by atoms with Gasteiger partial charge in [-0.05, 0) is 24.6 Å². The van der Waals surface area contributed by atoms with Gasteiger partial charge in [0.2, 0.25) is 5.88 Å². The van der Waals surface area contributed by atoms with Crippen molar-refractivity contribution in [3.63, 3.8) is 0 Å². The van der Waals surface area contributed by atoms with Crippen LogP contribution in [0.4, 0.5) is 10.2 Å². The van der Waals surface area contributed by atoms with Gasteiger partial charge in [0.05, 0.1) is 6.61 Å². The topological polar surface area (TPSA) is 56.3 Å². The molecule has 0 bridgehead atoms. The van der Waals surface area contributed by atoms with Crippen LogP contribution in [0.2, 0.25) is 0 Å². The molecular weight excluding hydrogens is 273 g/mol. The molecule has 0 saturated carbocycles. The largest absolute Gasteiger partial charge is 0.475 e. The van der Waals surface area contributed by atoms with Gasteiger partial charge in [-0.1, -0.05) is 12.1 Å². The predicted molar refractivity (Wildman–Crippen MR) is 77.9 cm³/mol. The van der Waals surface area contributed by atoms with Crippen molar-refractivity contribution in [2.24, 2.45) is 0 Å². The maximum atomic E-state index is 12.8. The van der Waals surface area contributed by atoms with Crippen LogP contribution in [0.25, 0.3) is 0 Å². The van der Waals surface area contributed by atoms with E-state index < -0.39 is 0 Å². The Kier molecular flexibility index (Phi) is 5.45. The number of hydrogen-bond acceptors (Lipinski definition) is 5. The van der Waals surface area contributed by atoms with Gasteiger partial charge in [-0.25, -0.2) is 9.37 Å². The molecule has 0 saturated heterocycles. The zero-order chi connectivity index (χ0) is 15.1. The van der Waals surface area contributed by atoms with E-state index in [4.69, 9.17) is 9.47 Å². The summed E-state index contributed by atoms with van der Waals surface area (Å²) >= 11 is 0. The molecule has 0 amide bonds. The summed E-state index contributed by atoms with van der Waals surface area (Å²) in [7, 11) is 1.62. The molecule has 2 aromatic rings. The van der Waals surface area contributed by atoms with Crippen LogP contribution in [0, 0.1) is 12.7 Å². The third-order valence-electron chi connectivity index (χ3n) is 2.74. The fourth-order valence-electron chi connectivity index (χ4n) is 1.73. The molecule has 0 fully saturated rings. The lowest BCUT2D eigenvalue weighted by molar-refractivity contribution is 0.143. The second-order valence-corrected chi connectivity index (χ2v) is 4.46. The van der Waals surface area contributed by atoms with E-state index in [1.807, 2.05) is 0 Å². The maximum absolute atomic E-state index is 12.8. The quantitative estimate of drug-likeness (QED) is 0.795. The molecule has 1 N–H and O–H groups in total. The summed E-state index contributed by atoms with van der Waals surface area (Å²) in [5, 5.41) is 3.17. The number of rotatable bonds is 7. The fraction of sp³-hybridized carbons (Fsp3) is 0.333. The van der Waals surface area contributed by atoms with Crippen molar-refractivity contribution in [1.82, 2.24) is 9.97 Å². The average molecular weight is 291 g/mol. The first-order valence-corrected chi connectivity index (χ1v) is 6.63. The van der Waals surface area contributed by atoms with E-state index in [0.29, 0.717) is 37.3 Å². The number of benzene rings is 1. The summed E-state index contributed by atoms with van der Waals surface area (Å²) in [6, 6.07) is 8.05. The highest BCUT2D eigenvalue weighted by molar-refractivity contribution is 5.39. The zero-order valence-electron chi connectivity index (χ0n) is 12.1. The van der Waals surface area contributed by atoms with Crippen molar-refractivity contribution < 1.29 is 13.9 Å². The zero-order valence-corrected chi connectivity index (χ0v) is 12.1. The number of nitrogens with one attached hydrogen (secondary N) is 1. The highest BCUT2D eigenvalue weighted by atomic mass is 19.1. The van der Waals surface area contributed by atoms with Crippen LogP contribution in [0.15, 0.2) is 30.3 Å². The van der Waals surface area contributed by atoms with Gasteiger partial charge in [-0.15, -0.1) is 0 Å². The highest BCUT2D eigenvalue weighted by Crippen LogP contribution is 2.14. The Hall–Kier alpha value is -2.21. The Morgan fingerprint density at radius 2 is 1.90 bits per heavy atom. The van der Waals surface area contributed by atoms with Gasteiger partial charge in [0.15, 0.2) is 0 Å². The van der Waals surface area contributed by atoms with Crippen molar-refractivity contribution in [1.29, 1.82) is 0 Å². The Balaban J connectivity index is 1.97. The summed E-state index contributed by atoms with van der Waals surface area (Å²) in [6.45, 7) is 3.28. The molecule has 0 unspecified atom stereocenters. The maximum Gasteiger partial charge on any atom is 0.218 e. The van der Waals surface area contributed by atoms with Crippen molar-refractivity contribution in [3.05, 3.63) is 47.5 Å². The van der Waals surface area contributed by atoms with Crippen LogP contribution >= 0.6 is 0 Å². The number of halogens is 1. The minimum absolute atomic E-state index is 0.245. The average Bonchev–Trinajstić information content (AvgIpc) is 2.46. The Labute approximate surface area is 123 Å². The normalized spacial score (nSPS) is 10.4. The molecule has 6 heteroatoms. The number of hydrogen-bond donors (Lipinski definition) is 1. The third-order valence-corrected chi connectivity index (χ3v) is 2.74. The van der Waals surface area contributed by atoms with Crippen molar-refractivity contribution in [2.75, 3.05) is 25.6 Å². The van der Waals surface area contributed by atoms with Gasteiger partial charge in [-0.2, -0.15) is 4.98 Å². The number of aryl methyl sites for hydroxylation is 1. The first kappa shape index (κ1) is 15.2. The highest BCUT2D eigenvalue weighted by Gasteiger charge is 2.03. The first-order chi connectivity index (χ1) is 10.2. The van der Waals surface area contributed by atoms with E-state index in [1.54, 1.807) is 32.2 Å². The van der Waals surface area contributed by atoms with Crippen LogP contribution in [0.3, 0.4) is 0 Å². The van der Waals surface area contributed by atoms with Crippen LogP contribution in [-0.4, -0.2) is 30.3 Å². The van der Waals surface area contributed by atoms with E-state index in [2.05, 4.69) is 15.3 Å². The van der Waals surface area contributed by atoms with Crippen molar-refractivity contribution >= 4 is 5.82 Å². The summed E-state index contributed by atoms with van der Waals surface area (Å²) in [5.41, 5.74) is 0.967. The number of methoxy groups -OCH3 is 1. The molecule has 0 aliphatic heterocycles. The summed E-state index contributed by atoms with van der Waals surface area (Å²) in [5.74, 6) is 1.54. The predicted octanol–water partition coefficient (Wildman–Crippen LogP) is 2.56. The summed E-state index contributed by atoms with van der Waals surface area (Å²) < 4.78 is 23.2. The Morgan fingerprint density at radius 3 is 2.62 bits per heavy atom. The Bertz CT molecular complexity index is 576. The van der Waals surface area contributed by atoms with E-state index in [9.17, 15) is 4.39 Å². The van der Waals surface area contributed by atoms with E-state index in [0.717, 1.165) is 5.56 Å². The Morgan fingerprint density at radius 1 is 1.14 bits per heavy atom. The van der Waals surface area contributed by atoms with Crippen LogP contribution in [0.5, 0.6) is 5.88 Å². The fourth-order valence-corrected chi connectivity index (χ4v) is 1.73. The molecule has 1 aromatic carbocycles. The van der Waals surface area contributed by atoms with E-state index in [1.165, 1.54) is 12.1 Å². The van der Waals surface area contributed by atoms with E-state index >= 15 is 0 Å². The lowest BCUT2D eigenvalue weighted by Crippen LogP contribution is -2.08. The summed E-state index contributed by atoms with van der Waals surface area (Å²) in [6.07, 6.45) is 0.